The summed E-state index contributed by atoms with van der Waals surface area (Å²) in [6, 6.07) is 12.8. The molecule has 7 atom stereocenters. The van der Waals surface area contributed by atoms with Crippen LogP contribution in [0.1, 0.15) is 126 Å². The Balaban J connectivity index is 1.96. The van der Waals surface area contributed by atoms with Gasteiger partial charge < -0.3 is 23.1 Å². The van der Waals surface area contributed by atoms with Crippen LogP contribution in [0.2, 0.25) is 36.3 Å². The van der Waals surface area contributed by atoms with Crippen molar-refractivity contribution >= 4 is 34.5 Å². The molecule has 56 heavy (non-hydrogen) atoms. The van der Waals surface area contributed by atoms with Gasteiger partial charge in [-0.25, -0.2) is 4.79 Å². The lowest BCUT2D eigenvalue weighted by molar-refractivity contribution is -0.205. The van der Waals surface area contributed by atoms with Crippen LogP contribution < -0.4 is 0 Å². The average molecular weight is 814 g/mol. The van der Waals surface area contributed by atoms with E-state index in [4.69, 9.17) is 23.1 Å². The number of esters is 1. The molecular weight excluding hydrogens is 739 g/mol. The predicted molar refractivity (Wildman–Crippen MR) is 229 cm³/mol. The Bertz CT molecular complexity index is 1460. The molecule has 316 valence electrons. The molecule has 11 heteroatoms. The van der Waals surface area contributed by atoms with E-state index in [1.165, 1.54) is 0 Å². The van der Waals surface area contributed by atoms with Crippen molar-refractivity contribution in [2.24, 2.45) is 17.8 Å². The minimum atomic E-state index is -2.33. The molecule has 1 aromatic carbocycles. The standard InChI is InChI=1S/C45H75NO8Si2/c1-13-50-41(48)28-21-20-26-38(47)27-22-23-34(5)30-39(53-55(11,12)44(8,9)10)42-40(54-56(14-2,15-3)16-4)31-45(52-42)36(7)29-35(6)32-46(45)43(49)51-33-37-24-18-17-19-25-37/h17-19,24-25,34-36,39-40,42H,13-16,20-21,23,26,28-33H2,1-12H3/t34-,35-,36+,39-,40-,42-,45+/m1/s1. The Morgan fingerprint density at radius 2 is 1.62 bits per heavy atom. The van der Waals surface area contributed by atoms with E-state index in [1.54, 1.807) is 6.92 Å². The van der Waals surface area contributed by atoms with Gasteiger partial charge in [-0.1, -0.05) is 98.6 Å². The van der Waals surface area contributed by atoms with Crippen LogP contribution in [0.3, 0.4) is 0 Å². The molecule has 1 spiro atoms. The lowest BCUT2D eigenvalue weighted by atomic mass is 9.80. The zero-order chi connectivity index (χ0) is 41.7. The Labute approximate surface area is 341 Å². The van der Waals surface area contributed by atoms with E-state index in [1.807, 2.05) is 35.2 Å². The van der Waals surface area contributed by atoms with Gasteiger partial charge in [-0.2, -0.15) is 0 Å². The summed E-state index contributed by atoms with van der Waals surface area (Å²) in [6.07, 6.45) is 3.26. The molecule has 1 aromatic rings. The van der Waals surface area contributed by atoms with Crippen molar-refractivity contribution < 1.29 is 37.4 Å². The van der Waals surface area contributed by atoms with Crippen molar-refractivity contribution in [2.45, 2.75) is 188 Å². The second kappa shape index (κ2) is 21.5. The number of nitrogens with zero attached hydrogens (tertiary/aromatic N) is 1. The van der Waals surface area contributed by atoms with Crippen molar-refractivity contribution in [3.8, 4) is 11.8 Å². The Morgan fingerprint density at radius 1 is 0.982 bits per heavy atom. The van der Waals surface area contributed by atoms with E-state index >= 15 is 0 Å². The van der Waals surface area contributed by atoms with Crippen molar-refractivity contribution in [3.63, 3.8) is 0 Å². The summed E-state index contributed by atoms with van der Waals surface area (Å²) in [4.78, 5) is 40.4. The smallest absolute Gasteiger partial charge is 0.412 e. The average Bonchev–Trinajstić information content (AvgIpc) is 3.52. The van der Waals surface area contributed by atoms with Crippen molar-refractivity contribution in [2.75, 3.05) is 13.2 Å². The topological polar surface area (TPSA) is 101 Å². The number of rotatable bonds is 19. The number of carbonyl (C=O) groups excluding carboxylic acids is 3. The third-order valence-corrected chi connectivity index (χ3v) is 21.9. The van der Waals surface area contributed by atoms with Gasteiger partial charge >= 0.3 is 12.1 Å². The predicted octanol–water partition coefficient (Wildman–Crippen LogP) is 10.7. The number of hydrogen-bond donors (Lipinski definition) is 0. The van der Waals surface area contributed by atoms with Crippen molar-refractivity contribution in [3.05, 3.63) is 35.9 Å². The molecule has 0 radical (unpaired) electrons. The molecule has 9 nitrogen and oxygen atoms in total. The zero-order valence-electron chi connectivity index (χ0n) is 37.0. The minimum absolute atomic E-state index is 0.0454. The quantitative estimate of drug-likeness (QED) is 0.0447. The fourth-order valence-corrected chi connectivity index (χ4v) is 12.3. The number of hydrogen-bond acceptors (Lipinski definition) is 8. The lowest BCUT2D eigenvalue weighted by Crippen LogP contribution is -2.61. The molecule has 2 fully saturated rings. The minimum Gasteiger partial charge on any atom is -0.466 e. The number of likely N-dealkylation sites (tertiary alicyclic amines) is 1. The maximum atomic E-state index is 14.2. The first-order valence-electron chi connectivity index (χ1n) is 21.5. The van der Waals surface area contributed by atoms with E-state index in [0.717, 1.165) is 30.1 Å². The number of Topliss-reactive ketones (excluding diaryl/α,β-unsaturated/α-hetero) is 1. The molecule has 0 N–H and O–H groups in total. The zero-order valence-corrected chi connectivity index (χ0v) is 39.0. The molecule has 0 aromatic heterocycles. The van der Waals surface area contributed by atoms with Crippen LogP contribution in [0, 0.1) is 29.6 Å². The van der Waals surface area contributed by atoms with Gasteiger partial charge in [-0.05, 0) is 92.2 Å². The third kappa shape index (κ3) is 13.0. The number of carbonyl (C=O) groups is 3. The van der Waals surface area contributed by atoms with Gasteiger partial charge in [-0.15, -0.1) is 0 Å². The molecule has 2 saturated heterocycles. The summed E-state index contributed by atoms with van der Waals surface area (Å²) in [5, 5.41) is -0.0454. The number of amides is 1. The van der Waals surface area contributed by atoms with Crippen LogP contribution in [0.4, 0.5) is 4.79 Å². The van der Waals surface area contributed by atoms with Crippen LogP contribution in [-0.2, 0) is 39.3 Å². The van der Waals surface area contributed by atoms with E-state index in [0.29, 0.717) is 58.1 Å². The molecule has 1 amide bonds. The Hall–Kier alpha value is -2.50. The van der Waals surface area contributed by atoms with Gasteiger partial charge in [0.1, 0.15) is 12.7 Å². The highest BCUT2D eigenvalue weighted by atomic mass is 28.4. The van der Waals surface area contributed by atoms with Crippen LogP contribution in [0.25, 0.3) is 0 Å². The highest BCUT2D eigenvalue weighted by Crippen LogP contribution is 2.50. The van der Waals surface area contributed by atoms with Gasteiger partial charge in [0, 0.05) is 38.1 Å². The van der Waals surface area contributed by atoms with Crippen molar-refractivity contribution in [1.29, 1.82) is 0 Å². The molecule has 2 heterocycles. The lowest BCUT2D eigenvalue weighted by Gasteiger charge is -2.50. The highest BCUT2D eigenvalue weighted by Gasteiger charge is 2.61. The summed E-state index contributed by atoms with van der Waals surface area (Å²) in [6.45, 7) is 27.6. The summed E-state index contributed by atoms with van der Waals surface area (Å²) >= 11 is 0. The Morgan fingerprint density at radius 3 is 2.23 bits per heavy atom. The van der Waals surface area contributed by atoms with Crippen LogP contribution in [-0.4, -0.2) is 76.6 Å². The molecule has 0 unspecified atom stereocenters. The molecular formula is C45H75NO8Si2. The first kappa shape index (κ1) is 47.9. The summed E-state index contributed by atoms with van der Waals surface area (Å²) in [5.74, 6) is 6.14. The van der Waals surface area contributed by atoms with E-state index < -0.39 is 28.5 Å². The maximum Gasteiger partial charge on any atom is 0.412 e. The van der Waals surface area contributed by atoms with Gasteiger partial charge in [-0.3, -0.25) is 14.5 Å². The van der Waals surface area contributed by atoms with E-state index in [2.05, 4.69) is 87.2 Å². The second-order valence-electron chi connectivity index (χ2n) is 18.1. The fraction of sp³-hybridized carbons (Fsp3) is 0.756. The maximum absolute atomic E-state index is 14.2. The van der Waals surface area contributed by atoms with Gasteiger partial charge in [0.2, 0.25) is 5.78 Å². The Kier molecular flexibility index (Phi) is 18.4. The summed E-state index contributed by atoms with van der Waals surface area (Å²) in [5.41, 5.74) is 0.0441. The largest absolute Gasteiger partial charge is 0.466 e. The monoisotopic (exact) mass is 814 g/mol. The van der Waals surface area contributed by atoms with Gasteiger partial charge in [0.15, 0.2) is 22.4 Å². The number of ketones is 1. The summed E-state index contributed by atoms with van der Waals surface area (Å²) in [7, 11) is -4.46. The first-order chi connectivity index (χ1) is 26.4. The molecule has 3 rings (SSSR count). The number of unbranched alkanes of at least 4 members (excludes halogenated alkanes) is 1. The van der Waals surface area contributed by atoms with E-state index in [9.17, 15) is 14.4 Å². The van der Waals surface area contributed by atoms with Gasteiger partial charge in [0.25, 0.3) is 0 Å². The number of piperidine rings is 1. The molecule has 0 bridgehead atoms. The fourth-order valence-electron chi connectivity index (χ4n) is 8.08. The molecule has 0 aliphatic carbocycles. The SMILES string of the molecule is CCOC(=O)CCCCC(=O)C#CC[C@@H](C)C[C@@H](O[Si](C)(C)C(C)(C)C)[C@H]1O[C@@]2(C[C@H]1O[Si](CC)(CC)CC)[C@@H](C)C[C@@H](C)CN2C(=O)OCc1ccccc1. The second-order valence-corrected chi connectivity index (χ2v) is 27.6. The molecule has 2 aliphatic rings. The number of benzene rings is 1. The highest BCUT2D eigenvalue weighted by molar-refractivity contribution is 6.74. The first-order valence-corrected chi connectivity index (χ1v) is 27.0. The van der Waals surface area contributed by atoms with Crippen LogP contribution in [0.15, 0.2) is 30.3 Å². The number of ether oxygens (including phenoxy) is 3. The van der Waals surface area contributed by atoms with Gasteiger partial charge in [0.05, 0.1) is 18.8 Å². The third-order valence-electron chi connectivity index (χ3n) is 12.7. The molecule has 2 aliphatic heterocycles. The normalized spacial score (nSPS) is 24.0. The van der Waals surface area contributed by atoms with Crippen LogP contribution in [0.5, 0.6) is 0 Å². The van der Waals surface area contributed by atoms with Crippen molar-refractivity contribution in [1.82, 2.24) is 4.90 Å². The molecule has 0 saturated carbocycles. The van der Waals surface area contributed by atoms with Crippen LogP contribution >= 0.6 is 0 Å². The van der Waals surface area contributed by atoms with E-state index in [-0.39, 0.29) is 59.5 Å². The summed E-state index contributed by atoms with van der Waals surface area (Å²) < 4.78 is 33.3.